The van der Waals surface area contributed by atoms with E-state index in [-0.39, 0.29) is 35.5 Å². The number of hydrogen-bond acceptors (Lipinski definition) is 3. The van der Waals surface area contributed by atoms with Crippen molar-refractivity contribution < 1.29 is 13.9 Å². The third-order valence-corrected chi connectivity index (χ3v) is 5.50. The summed E-state index contributed by atoms with van der Waals surface area (Å²) in [6.45, 7) is 2.35. The lowest BCUT2D eigenvalue weighted by atomic mass is 9.92. The van der Waals surface area contributed by atoms with Gasteiger partial charge in [0.1, 0.15) is 18.2 Å². The Balaban J connectivity index is 0.00000210. The molecule has 1 saturated heterocycles. The van der Waals surface area contributed by atoms with Crippen molar-refractivity contribution in [1.29, 1.82) is 0 Å². The van der Waals surface area contributed by atoms with Crippen LogP contribution in [0.15, 0.2) is 48.5 Å². The van der Waals surface area contributed by atoms with Gasteiger partial charge in [-0.05, 0) is 67.6 Å². The van der Waals surface area contributed by atoms with Crippen LogP contribution in [0, 0.1) is 17.2 Å². The zero-order valence-corrected chi connectivity index (χ0v) is 15.9. The number of amides is 1. The van der Waals surface area contributed by atoms with E-state index in [2.05, 4.69) is 10.6 Å². The van der Waals surface area contributed by atoms with Crippen LogP contribution in [0.4, 0.5) is 10.1 Å². The second-order valence-corrected chi connectivity index (χ2v) is 7.30. The summed E-state index contributed by atoms with van der Waals surface area (Å²) >= 11 is 0. The van der Waals surface area contributed by atoms with E-state index in [1.54, 1.807) is 12.1 Å². The molecule has 2 fully saturated rings. The van der Waals surface area contributed by atoms with Gasteiger partial charge < -0.3 is 15.4 Å². The first-order chi connectivity index (χ1) is 12.6. The SMILES string of the molecule is Cl.O=C(Nc1cccc(COc2cccc(F)c2)c1)C1CC12CCNCC2. The summed E-state index contributed by atoms with van der Waals surface area (Å²) in [6, 6.07) is 13.7. The molecule has 1 aliphatic heterocycles. The fraction of sp³-hybridized carbons (Fsp3) is 0.381. The molecular weight excluding hydrogens is 367 g/mol. The number of ether oxygens (including phenoxy) is 1. The molecule has 0 bridgehead atoms. The zero-order chi connectivity index (χ0) is 18.0. The van der Waals surface area contributed by atoms with Gasteiger partial charge in [-0.3, -0.25) is 4.79 Å². The zero-order valence-electron chi connectivity index (χ0n) is 15.0. The number of anilines is 1. The minimum absolute atomic E-state index is 0. The molecule has 2 aliphatic rings. The first-order valence-electron chi connectivity index (χ1n) is 9.14. The summed E-state index contributed by atoms with van der Waals surface area (Å²) in [4.78, 5) is 12.6. The number of benzene rings is 2. The molecule has 1 heterocycles. The quantitative estimate of drug-likeness (QED) is 0.806. The van der Waals surface area contributed by atoms with E-state index in [1.165, 1.54) is 12.1 Å². The third kappa shape index (κ3) is 4.60. The van der Waals surface area contributed by atoms with Crippen LogP contribution in [0.1, 0.15) is 24.8 Å². The number of nitrogens with one attached hydrogen (secondary N) is 2. The van der Waals surface area contributed by atoms with Gasteiger partial charge in [0.25, 0.3) is 0 Å². The van der Waals surface area contributed by atoms with Gasteiger partial charge in [-0.2, -0.15) is 0 Å². The Labute approximate surface area is 164 Å². The molecule has 0 radical (unpaired) electrons. The van der Waals surface area contributed by atoms with E-state index in [1.807, 2.05) is 24.3 Å². The van der Waals surface area contributed by atoms with E-state index in [0.29, 0.717) is 12.4 Å². The van der Waals surface area contributed by atoms with Crippen LogP contribution in [0.5, 0.6) is 5.75 Å². The molecule has 2 N–H and O–H groups in total. The first-order valence-corrected chi connectivity index (χ1v) is 9.14. The summed E-state index contributed by atoms with van der Waals surface area (Å²) in [5.41, 5.74) is 1.94. The maximum atomic E-state index is 13.2. The predicted octanol–water partition coefficient (Wildman–Crippen LogP) is 4.15. The standard InChI is InChI=1S/C21H23FN2O2.ClH/c22-16-4-2-6-18(12-16)26-14-15-3-1-5-17(11-15)24-20(25)19-13-21(19)7-9-23-10-8-21;/h1-6,11-12,19,23H,7-10,13-14H2,(H,24,25);1H. The topological polar surface area (TPSA) is 50.4 Å². The Morgan fingerprint density at radius 3 is 2.74 bits per heavy atom. The molecule has 2 aromatic rings. The minimum Gasteiger partial charge on any atom is -0.489 e. The normalized spacial score (nSPS) is 19.8. The van der Waals surface area contributed by atoms with Crippen molar-refractivity contribution in [3.63, 3.8) is 0 Å². The highest BCUT2D eigenvalue weighted by Gasteiger charge is 2.57. The van der Waals surface area contributed by atoms with E-state index in [0.717, 1.165) is 43.6 Å². The lowest BCUT2D eigenvalue weighted by Crippen LogP contribution is -2.31. The Kier molecular flexibility index (Phi) is 6.02. The van der Waals surface area contributed by atoms with E-state index in [9.17, 15) is 9.18 Å². The van der Waals surface area contributed by atoms with Crippen molar-refractivity contribution in [1.82, 2.24) is 5.32 Å². The Hall–Kier alpha value is -2.11. The number of carbonyl (C=O) groups excluding carboxylic acids is 1. The molecule has 2 aromatic carbocycles. The molecule has 1 atom stereocenters. The average Bonchev–Trinajstić information content (AvgIpc) is 3.34. The van der Waals surface area contributed by atoms with Gasteiger partial charge >= 0.3 is 0 Å². The second-order valence-electron chi connectivity index (χ2n) is 7.30. The molecule has 144 valence electrons. The summed E-state index contributed by atoms with van der Waals surface area (Å²) in [5.74, 6) is 0.428. The molecule has 1 spiro atoms. The van der Waals surface area contributed by atoms with Crippen molar-refractivity contribution in [2.24, 2.45) is 11.3 Å². The van der Waals surface area contributed by atoms with Gasteiger partial charge in [-0.1, -0.05) is 18.2 Å². The highest BCUT2D eigenvalue weighted by atomic mass is 35.5. The van der Waals surface area contributed by atoms with Crippen molar-refractivity contribution >= 4 is 24.0 Å². The second kappa shape index (κ2) is 8.28. The number of carbonyl (C=O) groups is 1. The largest absolute Gasteiger partial charge is 0.489 e. The smallest absolute Gasteiger partial charge is 0.228 e. The van der Waals surface area contributed by atoms with Crippen LogP contribution in [-0.2, 0) is 11.4 Å². The number of halogens is 2. The van der Waals surface area contributed by atoms with Crippen LogP contribution >= 0.6 is 12.4 Å². The Morgan fingerprint density at radius 1 is 1.19 bits per heavy atom. The fourth-order valence-corrected chi connectivity index (χ4v) is 3.89. The molecular formula is C21H24ClFN2O2. The molecule has 0 aromatic heterocycles. The monoisotopic (exact) mass is 390 g/mol. The molecule has 1 saturated carbocycles. The van der Waals surface area contributed by atoms with Crippen LogP contribution < -0.4 is 15.4 Å². The lowest BCUT2D eigenvalue weighted by molar-refractivity contribution is -0.118. The molecule has 4 nitrogen and oxygen atoms in total. The van der Waals surface area contributed by atoms with Crippen LogP contribution in [0.3, 0.4) is 0 Å². The molecule has 4 rings (SSSR count). The summed E-state index contributed by atoms with van der Waals surface area (Å²) in [5, 5.41) is 6.41. The lowest BCUT2D eigenvalue weighted by Gasteiger charge is -2.23. The van der Waals surface area contributed by atoms with Gasteiger partial charge in [0.05, 0.1) is 0 Å². The minimum atomic E-state index is -0.320. The number of rotatable bonds is 5. The van der Waals surface area contributed by atoms with Crippen molar-refractivity contribution in [3.8, 4) is 5.75 Å². The molecule has 1 aliphatic carbocycles. The first kappa shape index (κ1) is 19.6. The molecule has 1 unspecified atom stereocenters. The van der Waals surface area contributed by atoms with Crippen molar-refractivity contribution in [3.05, 3.63) is 59.9 Å². The van der Waals surface area contributed by atoms with Crippen LogP contribution in [-0.4, -0.2) is 19.0 Å². The maximum absolute atomic E-state index is 13.2. The summed E-state index contributed by atoms with van der Waals surface area (Å²) < 4.78 is 18.8. The van der Waals surface area contributed by atoms with Crippen molar-refractivity contribution in [2.75, 3.05) is 18.4 Å². The average molecular weight is 391 g/mol. The van der Waals surface area contributed by atoms with Crippen LogP contribution in [0.25, 0.3) is 0 Å². The predicted molar refractivity (Wildman–Crippen MR) is 106 cm³/mol. The summed E-state index contributed by atoms with van der Waals surface area (Å²) in [6.07, 6.45) is 3.18. The molecule has 1 amide bonds. The fourth-order valence-electron chi connectivity index (χ4n) is 3.89. The number of piperidine rings is 1. The van der Waals surface area contributed by atoms with Crippen molar-refractivity contribution in [2.45, 2.75) is 25.9 Å². The van der Waals surface area contributed by atoms with E-state index in [4.69, 9.17) is 4.74 Å². The Bertz CT molecular complexity index is 808. The van der Waals surface area contributed by atoms with Gasteiger partial charge in [0.15, 0.2) is 0 Å². The highest BCUT2D eigenvalue weighted by molar-refractivity contribution is 5.95. The number of hydrogen-bond donors (Lipinski definition) is 2. The van der Waals surface area contributed by atoms with Crippen LogP contribution in [0.2, 0.25) is 0 Å². The van der Waals surface area contributed by atoms with Gasteiger partial charge in [0, 0.05) is 17.7 Å². The third-order valence-electron chi connectivity index (χ3n) is 5.50. The molecule has 6 heteroatoms. The summed E-state index contributed by atoms with van der Waals surface area (Å²) in [7, 11) is 0. The highest BCUT2D eigenvalue weighted by Crippen LogP contribution is 2.58. The van der Waals surface area contributed by atoms with Gasteiger partial charge in [-0.25, -0.2) is 4.39 Å². The van der Waals surface area contributed by atoms with Gasteiger partial charge in [-0.15, -0.1) is 12.4 Å². The van der Waals surface area contributed by atoms with E-state index >= 15 is 0 Å². The van der Waals surface area contributed by atoms with Gasteiger partial charge in [0.2, 0.25) is 5.91 Å². The Morgan fingerprint density at radius 2 is 1.96 bits per heavy atom. The molecule has 27 heavy (non-hydrogen) atoms. The van der Waals surface area contributed by atoms with E-state index < -0.39 is 0 Å². The maximum Gasteiger partial charge on any atom is 0.228 e.